The molecule has 1 aliphatic heterocycles. The van der Waals surface area contributed by atoms with Crippen LogP contribution in [0.25, 0.3) is 39.4 Å². The average molecular weight is 761 g/mol. The molecule has 0 unspecified atom stereocenters. The number of anilines is 2. The van der Waals surface area contributed by atoms with Crippen LogP contribution in [-0.4, -0.2) is 16.2 Å². The molecule has 59 heavy (non-hydrogen) atoms. The average Bonchev–Trinajstić information content (AvgIpc) is 3.84. The van der Waals surface area contributed by atoms with Gasteiger partial charge in [-0.2, -0.15) is 5.26 Å². The first kappa shape index (κ1) is 35.6. The van der Waals surface area contributed by atoms with Crippen LogP contribution >= 0.6 is 0 Å². The van der Waals surface area contributed by atoms with E-state index in [1.807, 2.05) is 30.3 Å². The van der Waals surface area contributed by atoms with Gasteiger partial charge in [0, 0.05) is 62.9 Å². The zero-order valence-electron chi connectivity index (χ0n) is 32.5. The molecule has 0 saturated carbocycles. The molecule has 282 valence electrons. The van der Waals surface area contributed by atoms with E-state index in [0.717, 1.165) is 58.5 Å². The number of hydrogen-bond donors (Lipinski definition) is 1. The standard InChI is InChI=1S/C53H40N6/c1-35-14-12-13-31-58(41-29-27-39(28-30-41)53(56-34-37-15-4-2-5-16-37)57-52(55)38-25-23-36(33-54)24-26-38)50-45-32-40-17-8-9-20-43(40)48(45)51-49(47(35)50)44-21-10-11-22-46(44)59(51)42-18-6-3-7-19-42/h2-10,12-21,23-31H,1,11,22,32,34H2,(H2,55,56,57)/b14-12-,31-13-. The summed E-state index contributed by atoms with van der Waals surface area (Å²) in [6.07, 6.45) is 15.9. The van der Waals surface area contributed by atoms with Crippen molar-refractivity contribution < 1.29 is 0 Å². The van der Waals surface area contributed by atoms with E-state index in [9.17, 15) is 5.26 Å². The maximum absolute atomic E-state index is 9.33. The third kappa shape index (κ3) is 6.30. The Morgan fingerprint density at radius 2 is 1.49 bits per heavy atom. The number of aromatic nitrogens is 1. The second-order valence-corrected chi connectivity index (χ2v) is 15.1. The lowest BCUT2D eigenvalue weighted by atomic mass is 9.88. The van der Waals surface area contributed by atoms with E-state index in [4.69, 9.17) is 22.3 Å². The van der Waals surface area contributed by atoms with Crippen LogP contribution in [-0.2, 0) is 19.4 Å². The first-order valence-electron chi connectivity index (χ1n) is 20.0. The van der Waals surface area contributed by atoms with Gasteiger partial charge in [-0.15, -0.1) is 0 Å². The Kier molecular flexibility index (Phi) is 9.04. The van der Waals surface area contributed by atoms with Gasteiger partial charge in [-0.05, 0) is 107 Å². The van der Waals surface area contributed by atoms with Crippen molar-refractivity contribution in [1.82, 2.24) is 4.57 Å². The molecule has 0 saturated heterocycles. The molecule has 2 heterocycles. The minimum Gasteiger partial charge on any atom is -0.383 e. The number of fused-ring (bicyclic) bond motifs is 10. The van der Waals surface area contributed by atoms with Crippen LogP contribution in [0.2, 0.25) is 0 Å². The number of allylic oxidation sites excluding steroid dienone is 5. The van der Waals surface area contributed by atoms with Crippen molar-refractivity contribution in [2.24, 2.45) is 15.7 Å². The number of nitriles is 1. The second kappa shape index (κ2) is 15.0. The van der Waals surface area contributed by atoms with Crippen molar-refractivity contribution in [3.8, 4) is 22.9 Å². The van der Waals surface area contributed by atoms with Gasteiger partial charge in [0.2, 0.25) is 0 Å². The van der Waals surface area contributed by atoms with E-state index in [-0.39, 0.29) is 0 Å². The summed E-state index contributed by atoms with van der Waals surface area (Å²) >= 11 is 0. The summed E-state index contributed by atoms with van der Waals surface area (Å²) in [6, 6.07) is 47.6. The summed E-state index contributed by atoms with van der Waals surface area (Å²) in [5.74, 6) is 0.858. The molecule has 1 aromatic heterocycles. The highest BCUT2D eigenvalue weighted by Gasteiger charge is 2.35. The van der Waals surface area contributed by atoms with Gasteiger partial charge < -0.3 is 15.2 Å². The van der Waals surface area contributed by atoms with Crippen molar-refractivity contribution in [3.63, 3.8) is 0 Å². The fraction of sp³-hybridized carbons (Fsp3) is 0.0755. The Hall–Kier alpha value is -7.75. The van der Waals surface area contributed by atoms with E-state index < -0.39 is 0 Å². The van der Waals surface area contributed by atoms with Gasteiger partial charge in [0.1, 0.15) is 5.84 Å². The normalized spacial score (nSPS) is 15.4. The molecule has 10 rings (SSSR count). The van der Waals surface area contributed by atoms with Crippen LogP contribution in [0, 0.1) is 11.3 Å². The lowest BCUT2D eigenvalue weighted by Gasteiger charge is -2.29. The SMILES string of the molecule is C=C1/C=C\C=C/N(c2ccc(C(N=C(N)c3ccc(C#N)cc3)=NCc3ccccc3)cc2)c2c3c(c4c(c5c(n4-c4ccccc4)CCC=C5)c21)-c1ccccc1C3. The zero-order valence-corrected chi connectivity index (χ0v) is 32.5. The van der Waals surface area contributed by atoms with Crippen molar-refractivity contribution in [2.45, 2.75) is 25.8 Å². The number of rotatable bonds is 6. The first-order chi connectivity index (χ1) is 29.1. The number of amidine groups is 2. The van der Waals surface area contributed by atoms with Gasteiger partial charge in [-0.1, -0.05) is 104 Å². The van der Waals surface area contributed by atoms with Crippen molar-refractivity contribution in [1.29, 1.82) is 5.26 Å². The molecule has 6 heteroatoms. The highest BCUT2D eigenvalue weighted by atomic mass is 15.1. The maximum atomic E-state index is 9.33. The van der Waals surface area contributed by atoms with Gasteiger partial charge in [-0.3, -0.25) is 4.99 Å². The Morgan fingerprint density at radius 1 is 0.763 bits per heavy atom. The Morgan fingerprint density at radius 3 is 2.27 bits per heavy atom. The Bertz CT molecular complexity index is 2990. The molecule has 0 amide bonds. The van der Waals surface area contributed by atoms with Crippen LogP contribution in [0.15, 0.2) is 181 Å². The quantitative estimate of drug-likeness (QED) is 0.135. The van der Waals surface area contributed by atoms with Gasteiger partial charge in [0.05, 0.1) is 29.4 Å². The Labute approximate surface area is 344 Å². The van der Waals surface area contributed by atoms with Crippen molar-refractivity contribution in [3.05, 3.63) is 221 Å². The second-order valence-electron chi connectivity index (χ2n) is 15.1. The topological polar surface area (TPSA) is 82.7 Å². The predicted molar refractivity (Wildman–Crippen MR) is 243 cm³/mol. The molecule has 0 bridgehead atoms. The molecule has 2 aliphatic carbocycles. The number of nitrogens with two attached hydrogens (primary N) is 1. The lowest BCUT2D eigenvalue weighted by Crippen LogP contribution is -2.17. The number of nitrogens with zero attached hydrogens (tertiary/aromatic N) is 5. The van der Waals surface area contributed by atoms with E-state index in [2.05, 4.69) is 143 Å². The Balaban J connectivity index is 1.16. The van der Waals surface area contributed by atoms with Gasteiger partial charge in [-0.25, -0.2) is 4.99 Å². The number of benzene rings is 6. The predicted octanol–water partition coefficient (Wildman–Crippen LogP) is 11.6. The molecule has 6 nitrogen and oxygen atoms in total. The van der Waals surface area contributed by atoms with Gasteiger partial charge in [0.25, 0.3) is 0 Å². The van der Waals surface area contributed by atoms with E-state index in [0.29, 0.717) is 23.8 Å². The van der Waals surface area contributed by atoms with Crippen LogP contribution in [0.5, 0.6) is 0 Å². The third-order valence-electron chi connectivity index (χ3n) is 11.5. The van der Waals surface area contributed by atoms with Crippen molar-refractivity contribution in [2.75, 3.05) is 4.90 Å². The van der Waals surface area contributed by atoms with Gasteiger partial charge in [0.15, 0.2) is 5.84 Å². The fourth-order valence-corrected chi connectivity index (χ4v) is 8.80. The molecule has 2 N–H and O–H groups in total. The smallest absolute Gasteiger partial charge is 0.157 e. The summed E-state index contributed by atoms with van der Waals surface area (Å²) in [4.78, 5) is 12.2. The molecule has 0 radical (unpaired) electrons. The summed E-state index contributed by atoms with van der Waals surface area (Å²) in [5, 5.41) is 10.6. The van der Waals surface area contributed by atoms with Gasteiger partial charge >= 0.3 is 0 Å². The molecule has 6 aromatic carbocycles. The third-order valence-corrected chi connectivity index (χ3v) is 11.5. The highest BCUT2D eigenvalue weighted by Crippen LogP contribution is 2.54. The van der Waals surface area contributed by atoms with Crippen LogP contribution in [0.1, 0.15) is 56.6 Å². The first-order valence-corrected chi connectivity index (χ1v) is 20.0. The summed E-state index contributed by atoms with van der Waals surface area (Å²) < 4.78 is 2.53. The summed E-state index contributed by atoms with van der Waals surface area (Å²) in [5.41, 5.74) is 24.3. The van der Waals surface area contributed by atoms with E-state index >= 15 is 0 Å². The van der Waals surface area contributed by atoms with E-state index in [1.54, 1.807) is 12.1 Å². The summed E-state index contributed by atoms with van der Waals surface area (Å²) in [6.45, 7) is 5.19. The lowest BCUT2D eigenvalue weighted by molar-refractivity contribution is 0.889. The molecule has 3 aliphatic rings. The largest absolute Gasteiger partial charge is 0.383 e. The minimum absolute atomic E-state index is 0.329. The highest BCUT2D eigenvalue weighted by molar-refractivity contribution is 6.16. The van der Waals surface area contributed by atoms with E-state index in [1.165, 1.54) is 50.1 Å². The fourth-order valence-electron chi connectivity index (χ4n) is 8.80. The van der Waals surface area contributed by atoms with Crippen LogP contribution < -0.4 is 10.6 Å². The monoisotopic (exact) mass is 760 g/mol. The number of aliphatic imine (C=N–C) groups is 2. The molecule has 7 aromatic rings. The number of hydrogen-bond acceptors (Lipinski definition) is 3. The zero-order chi connectivity index (χ0) is 39.9. The molecule has 0 spiro atoms. The summed E-state index contributed by atoms with van der Waals surface area (Å²) in [7, 11) is 0. The molecular formula is C53H40N6. The molecule has 0 atom stereocenters. The molecule has 0 fully saturated rings. The van der Waals surface area contributed by atoms with Crippen molar-refractivity contribution >= 4 is 45.6 Å². The molecular weight excluding hydrogens is 721 g/mol. The van der Waals surface area contributed by atoms with Crippen LogP contribution in [0.3, 0.4) is 0 Å². The minimum atomic E-state index is 0.329. The van der Waals surface area contributed by atoms with Crippen LogP contribution in [0.4, 0.5) is 11.4 Å². The maximum Gasteiger partial charge on any atom is 0.157 e. The number of para-hydroxylation sites is 1.